The molecule has 1 fully saturated rings. The van der Waals surface area contributed by atoms with Crippen LogP contribution in [0.15, 0.2) is 12.1 Å². The van der Waals surface area contributed by atoms with Crippen molar-refractivity contribution in [1.29, 1.82) is 0 Å². The largest absolute Gasteiger partial charge is 0.496 e. The number of rotatable bonds is 2. The number of aryl methyl sites for hydroxylation is 1. The zero-order valence-electron chi connectivity index (χ0n) is 10.6. The lowest BCUT2D eigenvalue weighted by Crippen LogP contribution is -2.44. The van der Waals surface area contributed by atoms with Crippen LogP contribution in [0, 0.1) is 0 Å². The zero-order chi connectivity index (χ0) is 11.9. The molecule has 0 radical (unpaired) electrons. The van der Waals surface area contributed by atoms with Gasteiger partial charge in [0.15, 0.2) is 0 Å². The lowest BCUT2D eigenvalue weighted by atomic mass is 9.69. The Labute approximate surface area is 103 Å². The number of methoxy groups -OCH3 is 1. The monoisotopic (exact) mass is 231 g/mol. The average Bonchev–Trinajstić information content (AvgIpc) is 2.34. The van der Waals surface area contributed by atoms with Gasteiger partial charge in [0.1, 0.15) is 5.75 Å². The van der Waals surface area contributed by atoms with Crippen molar-refractivity contribution < 1.29 is 4.74 Å². The molecule has 2 N–H and O–H groups in total. The van der Waals surface area contributed by atoms with E-state index in [0.717, 1.165) is 18.6 Å². The topological polar surface area (TPSA) is 35.2 Å². The third-order valence-corrected chi connectivity index (χ3v) is 4.46. The molecule has 2 aliphatic carbocycles. The molecule has 2 heteroatoms. The Hall–Kier alpha value is -1.02. The van der Waals surface area contributed by atoms with Gasteiger partial charge in [-0.15, -0.1) is 0 Å². The molecule has 1 aromatic rings. The molecule has 3 rings (SSSR count). The van der Waals surface area contributed by atoms with Crippen LogP contribution in [0.3, 0.4) is 0 Å². The first kappa shape index (κ1) is 11.1. The van der Waals surface area contributed by atoms with Crippen LogP contribution in [-0.4, -0.2) is 7.11 Å². The predicted molar refractivity (Wildman–Crippen MR) is 69.4 cm³/mol. The van der Waals surface area contributed by atoms with Gasteiger partial charge in [0, 0.05) is 11.1 Å². The minimum atomic E-state index is -0.103. The summed E-state index contributed by atoms with van der Waals surface area (Å²) in [7, 11) is 1.76. The molecular formula is C15H21NO. The molecule has 17 heavy (non-hydrogen) atoms. The van der Waals surface area contributed by atoms with Crippen molar-refractivity contribution >= 4 is 0 Å². The third-order valence-electron chi connectivity index (χ3n) is 4.46. The van der Waals surface area contributed by atoms with Crippen LogP contribution in [0.4, 0.5) is 0 Å². The normalized spacial score (nSPS) is 21.5. The van der Waals surface area contributed by atoms with E-state index in [1.807, 2.05) is 0 Å². The van der Waals surface area contributed by atoms with Gasteiger partial charge in [-0.2, -0.15) is 0 Å². The van der Waals surface area contributed by atoms with Crippen LogP contribution in [0.25, 0.3) is 0 Å². The van der Waals surface area contributed by atoms with Crippen molar-refractivity contribution in [2.75, 3.05) is 7.11 Å². The van der Waals surface area contributed by atoms with E-state index in [1.165, 1.54) is 48.8 Å². The number of hydrogen-bond acceptors (Lipinski definition) is 2. The van der Waals surface area contributed by atoms with Gasteiger partial charge in [-0.1, -0.05) is 6.07 Å². The van der Waals surface area contributed by atoms with Gasteiger partial charge in [-0.3, -0.25) is 0 Å². The van der Waals surface area contributed by atoms with Gasteiger partial charge in [-0.05, 0) is 62.1 Å². The summed E-state index contributed by atoms with van der Waals surface area (Å²) >= 11 is 0. The molecule has 0 spiro atoms. The highest BCUT2D eigenvalue weighted by molar-refractivity contribution is 5.51. The average molecular weight is 231 g/mol. The van der Waals surface area contributed by atoms with E-state index < -0.39 is 0 Å². The van der Waals surface area contributed by atoms with E-state index in [4.69, 9.17) is 10.5 Å². The third kappa shape index (κ3) is 1.66. The summed E-state index contributed by atoms with van der Waals surface area (Å²) in [5, 5.41) is 0. The van der Waals surface area contributed by atoms with Gasteiger partial charge >= 0.3 is 0 Å². The minimum absolute atomic E-state index is 0.103. The van der Waals surface area contributed by atoms with E-state index in [9.17, 15) is 0 Å². The van der Waals surface area contributed by atoms with Crippen molar-refractivity contribution in [2.45, 2.75) is 50.5 Å². The lowest BCUT2D eigenvalue weighted by molar-refractivity contribution is 0.241. The second-order valence-electron chi connectivity index (χ2n) is 5.50. The molecule has 2 nitrogen and oxygen atoms in total. The Kier molecular flexibility index (Phi) is 2.62. The van der Waals surface area contributed by atoms with Gasteiger partial charge in [0.25, 0.3) is 0 Å². The van der Waals surface area contributed by atoms with Crippen molar-refractivity contribution in [2.24, 2.45) is 5.73 Å². The van der Waals surface area contributed by atoms with Gasteiger partial charge < -0.3 is 10.5 Å². The molecular weight excluding hydrogens is 210 g/mol. The minimum Gasteiger partial charge on any atom is -0.496 e. The fraction of sp³-hybridized carbons (Fsp3) is 0.600. The summed E-state index contributed by atoms with van der Waals surface area (Å²) < 4.78 is 5.55. The number of fused-ring (bicyclic) bond motifs is 1. The van der Waals surface area contributed by atoms with Gasteiger partial charge in [0.05, 0.1) is 7.11 Å². The van der Waals surface area contributed by atoms with Crippen LogP contribution in [-0.2, 0) is 18.4 Å². The molecule has 0 heterocycles. The first-order valence-corrected chi connectivity index (χ1v) is 6.73. The summed E-state index contributed by atoms with van der Waals surface area (Å²) in [5.41, 5.74) is 10.8. The van der Waals surface area contributed by atoms with Crippen LogP contribution in [0.5, 0.6) is 5.75 Å². The van der Waals surface area contributed by atoms with E-state index >= 15 is 0 Å². The lowest BCUT2D eigenvalue weighted by Gasteiger charge is -2.41. The van der Waals surface area contributed by atoms with E-state index in [-0.39, 0.29) is 5.54 Å². The SMILES string of the molecule is COc1ccc2c(c1C1(N)CCC1)CCCC2. The van der Waals surface area contributed by atoms with Crippen LogP contribution in [0.1, 0.15) is 48.8 Å². The first-order chi connectivity index (χ1) is 8.24. The van der Waals surface area contributed by atoms with Crippen molar-refractivity contribution in [3.8, 4) is 5.75 Å². The maximum Gasteiger partial charge on any atom is 0.124 e. The summed E-state index contributed by atoms with van der Waals surface area (Å²) in [6.45, 7) is 0. The van der Waals surface area contributed by atoms with Crippen LogP contribution >= 0.6 is 0 Å². The maximum absolute atomic E-state index is 6.54. The van der Waals surface area contributed by atoms with E-state index in [0.29, 0.717) is 0 Å². The fourth-order valence-corrected chi connectivity index (χ4v) is 3.33. The molecule has 0 bridgehead atoms. The Bertz CT molecular complexity index is 435. The second-order valence-corrected chi connectivity index (χ2v) is 5.50. The number of ether oxygens (including phenoxy) is 1. The highest BCUT2D eigenvalue weighted by atomic mass is 16.5. The standard InChI is InChI=1S/C15H21NO/c1-17-13-8-7-11-5-2-3-6-12(11)14(13)15(16)9-4-10-15/h7-8H,2-6,9-10,16H2,1H3. The molecule has 0 saturated heterocycles. The van der Waals surface area contributed by atoms with Crippen LogP contribution < -0.4 is 10.5 Å². The highest BCUT2D eigenvalue weighted by Gasteiger charge is 2.39. The molecule has 1 aromatic carbocycles. The molecule has 0 unspecified atom stereocenters. The number of hydrogen-bond donors (Lipinski definition) is 1. The highest BCUT2D eigenvalue weighted by Crippen LogP contribution is 2.46. The Morgan fingerprint density at radius 2 is 1.88 bits per heavy atom. The van der Waals surface area contributed by atoms with E-state index in [1.54, 1.807) is 7.11 Å². The number of nitrogens with two attached hydrogens (primary N) is 1. The molecule has 2 aliphatic rings. The van der Waals surface area contributed by atoms with Gasteiger partial charge in [0.2, 0.25) is 0 Å². The summed E-state index contributed by atoms with van der Waals surface area (Å²) in [5.74, 6) is 1.01. The first-order valence-electron chi connectivity index (χ1n) is 6.73. The maximum atomic E-state index is 6.54. The Balaban J connectivity index is 2.15. The molecule has 0 amide bonds. The second kappa shape index (κ2) is 4.02. The Morgan fingerprint density at radius 3 is 2.53 bits per heavy atom. The Morgan fingerprint density at radius 1 is 1.12 bits per heavy atom. The number of benzene rings is 1. The summed E-state index contributed by atoms with van der Waals surface area (Å²) in [4.78, 5) is 0. The molecule has 1 saturated carbocycles. The molecule has 92 valence electrons. The van der Waals surface area contributed by atoms with Crippen molar-refractivity contribution in [3.05, 3.63) is 28.8 Å². The smallest absolute Gasteiger partial charge is 0.124 e. The summed E-state index contributed by atoms with van der Waals surface area (Å²) in [6, 6.07) is 4.35. The fourth-order valence-electron chi connectivity index (χ4n) is 3.33. The molecule has 0 aromatic heterocycles. The molecule has 0 atom stereocenters. The predicted octanol–water partition coefficient (Wildman–Crippen LogP) is 2.91. The summed E-state index contributed by atoms with van der Waals surface area (Å²) in [6.07, 6.45) is 8.48. The quantitative estimate of drug-likeness (QED) is 0.849. The van der Waals surface area contributed by atoms with Crippen molar-refractivity contribution in [1.82, 2.24) is 0 Å². The zero-order valence-corrected chi connectivity index (χ0v) is 10.6. The van der Waals surface area contributed by atoms with Gasteiger partial charge in [-0.25, -0.2) is 0 Å². The molecule has 0 aliphatic heterocycles. The van der Waals surface area contributed by atoms with E-state index in [2.05, 4.69) is 12.1 Å². The van der Waals surface area contributed by atoms with Crippen LogP contribution in [0.2, 0.25) is 0 Å². The van der Waals surface area contributed by atoms with Crippen molar-refractivity contribution in [3.63, 3.8) is 0 Å².